The van der Waals surface area contributed by atoms with Crippen molar-refractivity contribution in [1.29, 1.82) is 0 Å². The van der Waals surface area contributed by atoms with Crippen molar-refractivity contribution in [2.24, 2.45) is 0 Å². The second kappa shape index (κ2) is 5.84. The van der Waals surface area contributed by atoms with E-state index in [9.17, 15) is 4.79 Å². The van der Waals surface area contributed by atoms with Crippen LogP contribution >= 0.6 is 0 Å². The first-order chi connectivity index (χ1) is 8.76. The van der Waals surface area contributed by atoms with Crippen molar-refractivity contribution >= 4 is 5.78 Å². The molecule has 1 unspecified atom stereocenters. The predicted octanol–water partition coefficient (Wildman–Crippen LogP) is 1.30. The molecule has 0 radical (unpaired) electrons. The van der Waals surface area contributed by atoms with Crippen LogP contribution in [0.5, 0.6) is 11.5 Å². The molecule has 0 saturated carbocycles. The van der Waals surface area contributed by atoms with Crippen molar-refractivity contribution in [3.63, 3.8) is 0 Å². The molecule has 5 heteroatoms. The summed E-state index contributed by atoms with van der Waals surface area (Å²) in [4.78, 5) is 12.3. The summed E-state index contributed by atoms with van der Waals surface area (Å²) >= 11 is 0. The largest absolute Gasteiger partial charge is 0.497 e. The average Bonchev–Trinajstić information content (AvgIpc) is 2.46. The van der Waals surface area contributed by atoms with Gasteiger partial charge in [-0.1, -0.05) is 0 Å². The summed E-state index contributed by atoms with van der Waals surface area (Å²) in [7, 11) is 3.08. The average molecular weight is 252 g/mol. The molecule has 2 rings (SSSR count). The molecule has 98 valence electrons. The van der Waals surface area contributed by atoms with Crippen LogP contribution in [0.15, 0.2) is 18.2 Å². The lowest BCUT2D eigenvalue weighted by atomic mass is 10.0. The zero-order valence-corrected chi connectivity index (χ0v) is 10.5. The first kappa shape index (κ1) is 12.9. The highest BCUT2D eigenvalue weighted by atomic mass is 16.6. The van der Waals surface area contributed by atoms with Crippen LogP contribution in [0.1, 0.15) is 10.4 Å². The number of methoxy groups -OCH3 is 2. The van der Waals surface area contributed by atoms with E-state index >= 15 is 0 Å². The Morgan fingerprint density at radius 3 is 2.72 bits per heavy atom. The van der Waals surface area contributed by atoms with Crippen molar-refractivity contribution in [1.82, 2.24) is 0 Å². The Hall–Kier alpha value is -1.59. The Morgan fingerprint density at radius 2 is 2.11 bits per heavy atom. The van der Waals surface area contributed by atoms with Gasteiger partial charge in [-0.3, -0.25) is 4.79 Å². The fraction of sp³-hybridized carbons (Fsp3) is 0.462. The monoisotopic (exact) mass is 252 g/mol. The second-order valence-electron chi connectivity index (χ2n) is 3.86. The number of rotatable bonds is 4. The van der Waals surface area contributed by atoms with Gasteiger partial charge in [-0.2, -0.15) is 0 Å². The molecule has 1 aliphatic heterocycles. The van der Waals surface area contributed by atoms with Gasteiger partial charge in [0, 0.05) is 6.07 Å². The third-order valence-electron chi connectivity index (χ3n) is 2.78. The van der Waals surface area contributed by atoms with E-state index in [0.29, 0.717) is 30.3 Å². The van der Waals surface area contributed by atoms with E-state index in [2.05, 4.69) is 0 Å². The molecule has 1 atom stereocenters. The quantitative estimate of drug-likeness (QED) is 0.756. The molecule has 1 heterocycles. The number of ketones is 1. The topological polar surface area (TPSA) is 54.0 Å². The van der Waals surface area contributed by atoms with Crippen molar-refractivity contribution < 1.29 is 23.7 Å². The minimum atomic E-state index is -0.555. The molecule has 0 spiro atoms. The van der Waals surface area contributed by atoms with E-state index in [-0.39, 0.29) is 12.4 Å². The van der Waals surface area contributed by atoms with Crippen LogP contribution in [0.3, 0.4) is 0 Å². The van der Waals surface area contributed by atoms with Crippen LogP contribution in [0.4, 0.5) is 0 Å². The van der Waals surface area contributed by atoms with Gasteiger partial charge in [0.15, 0.2) is 5.78 Å². The second-order valence-corrected chi connectivity index (χ2v) is 3.86. The van der Waals surface area contributed by atoms with Crippen molar-refractivity contribution in [2.45, 2.75) is 6.10 Å². The van der Waals surface area contributed by atoms with E-state index in [1.54, 1.807) is 25.3 Å². The predicted molar refractivity (Wildman–Crippen MR) is 64.4 cm³/mol. The lowest BCUT2D eigenvalue weighted by molar-refractivity contribution is -0.0719. The summed E-state index contributed by atoms with van der Waals surface area (Å²) in [6.07, 6.45) is -0.555. The SMILES string of the molecule is COc1ccc(C(=O)C2COCCO2)c(OC)c1. The maximum absolute atomic E-state index is 12.3. The number of benzene rings is 1. The summed E-state index contributed by atoms with van der Waals surface area (Å²) in [5.74, 6) is 0.993. The molecule has 1 saturated heterocycles. The Labute approximate surface area is 106 Å². The Bertz CT molecular complexity index is 423. The fourth-order valence-electron chi connectivity index (χ4n) is 1.81. The summed E-state index contributed by atoms with van der Waals surface area (Å²) in [5.41, 5.74) is 0.480. The minimum Gasteiger partial charge on any atom is -0.497 e. The number of hydrogen-bond donors (Lipinski definition) is 0. The summed E-state index contributed by atoms with van der Waals surface area (Å²) in [6.45, 7) is 1.26. The first-order valence-corrected chi connectivity index (χ1v) is 5.72. The van der Waals surface area contributed by atoms with Crippen molar-refractivity contribution in [3.05, 3.63) is 23.8 Å². The Kier molecular flexibility index (Phi) is 4.17. The van der Waals surface area contributed by atoms with Gasteiger partial charge in [0.25, 0.3) is 0 Å². The van der Waals surface area contributed by atoms with E-state index in [0.717, 1.165) is 0 Å². The van der Waals surface area contributed by atoms with Gasteiger partial charge in [-0.25, -0.2) is 0 Å². The highest BCUT2D eigenvalue weighted by Crippen LogP contribution is 2.26. The molecule has 1 aromatic rings. The smallest absolute Gasteiger partial charge is 0.197 e. The number of ether oxygens (including phenoxy) is 4. The van der Waals surface area contributed by atoms with E-state index in [1.165, 1.54) is 7.11 Å². The molecule has 1 aromatic carbocycles. The van der Waals surface area contributed by atoms with Gasteiger partial charge in [-0.05, 0) is 12.1 Å². The molecule has 18 heavy (non-hydrogen) atoms. The fourth-order valence-corrected chi connectivity index (χ4v) is 1.81. The first-order valence-electron chi connectivity index (χ1n) is 5.72. The molecular formula is C13H16O5. The summed E-state index contributed by atoms with van der Waals surface area (Å²) in [6, 6.07) is 5.08. The van der Waals surface area contributed by atoms with Crippen molar-refractivity contribution in [2.75, 3.05) is 34.0 Å². The Morgan fingerprint density at radius 1 is 1.28 bits per heavy atom. The normalized spacial score (nSPS) is 19.3. The van der Waals surface area contributed by atoms with Crippen LogP contribution in [-0.4, -0.2) is 45.9 Å². The number of Topliss-reactive ketones (excluding diaryl/α,β-unsaturated/α-hetero) is 1. The third-order valence-corrected chi connectivity index (χ3v) is 2.78. The van der Waals surface area contributed by atoms with Gasteiger partial charge in [-0.15, -0.1) is 0 Å². The van der Waals surface area contributed by atoms with E-state index in [4.69, 9.17) is 18.9 Å². The number of carbonyl (C=O) groups excluding carboxylic acids is 1. The maximum Gasteiger partial charge on any atom is 0.197 e. The molecule has 0 N–H and O–H groups in total. The molecular weight excluding hydrogens is 236 g/mol. The third kappa shape index (κ3) is 2.63. The molecule has 0 aromatic heterocycles. The standard InChI is InChI=1S/C13H16O5/c1-15-9-3-4-10(11(7-9)16-2)13(14)12-8-17-5-6-18-12/h3-4,7,12H,5-6,8H2,1-2H3. The molecule has 0 aliphatic carbocycles. The summed E-state index contributed by atoms with van der Waals surface area (Å²) < 4.78 is 20.9. The van der Waals surface area contributed by atoms with Gasteiger partial charge in [0.2, 0.25) is 0 Å². The molecule has 0 bridgehead atoms. The van der Waals surface area contributed by atoms with Gasteiger partial charge < -0.3 is 18.9 Å². The molecule has 5 nitrogen and oxygen atoms in total. The van der Waals surface area contributed by atoms with E-state index < -0.39 is 6.10 Å². The molecule has 1 aliphatic rings. The maximum atomic E-state index is 12.3. The van der Waals surface area contributed by atoms with Crippen LogP contribution in [0, 0.1) is 0 Å². The van der Waals surface area contributed by atoms with Crippen LogP contribution in [0.25, 0.3) is 0 Å². The van der Waals surface area contributed by atoms with Gasteiger partial charge in [0.1, 0.15) is 17.6 Å². The lowest BCUT2D eigenvalue weighted by Gasteiger charge is -2.22. The van der Waals surface area contributed by atoms with Crippen LogP contribution in [-0.2, 0) is 9.47 Å². The highest BCUT2D eigenvalue weighted by molar-refractivity contribution is 6.02. The number of carbonyl (C=O) groups is 1. The zero-order chi connectivity index (χ0) is 13.0. The lowest BCUT2D eigenvalue weighted by Crippen LogP contribution is -2.35. The van der Waals surface area contributed by atoms with Crippen molar-refractivity contribution in [3.8, 4) is 11.5 Å². The van der Waals surface area contributed by atoms with Gasteiger partial charge in [0.05, 0.1) is 39.6 Å². The molecule has 1 fully saturated rings. The minimum absolute atomic E-state index is 0.130. The number of hydrogen-bond acceptors (Lipinski definition) is 5. The van der Waals surface area contributed by atoms with Crippen LogP contribution < -0.4 is 9.47 Å². The summed E-state index contributed by atoms with van der Waals surface area (Å²) in [5, 5.41) is 0. The van der Waals surface area contributed by atoms with Gasteiger partial charge >= 0.3 is 0 Å². The molecule has 0 amide bonds. The van der Waals surface area contributed by atoms with Crippen LogP contribution in [0.2, 0.25) is 0 Å². The Balaban J connectivity index is 2.23. The highest BCUT2D eigenvalue weighted by Gasteiger charge is 2.26. The van der Waals surface area contributed by atoms with E-state index in [1.807, 2.05) is 0 Å². The zero-order valence-electron chi connectivity index (χ0n) is 10.5.